The van der Waals surface area contributed by atoms with Crippen LogP contribution in [0, 0.1) is 0 Å². The Balaban J connectivity index is 2.68. The minimum absolute atomic E-state index is 0.0531. The summed E-state index contributed by atoms with van der Waals surface area (Å²) in [5.74, 6) is -1.20. The predicted molar refractivity (Wildman–Crippen MR) is 72.4 cm³/mol. The van der Waals surface area contributed by atoms with Crippen LogP contribution in [0.15, 0.2) is 24.3 Å². The summed E-state index contributed by atoms with van der Waals surface area (Å²) >= 11 is 0. The molecule has 0 aliphatic heterocycles. The number of carbonyl (C=O) groups is 2. The van der Waals surface area contributed by atoms with Crippen LogP contribution in [-0.2, 0) is 16.1 Å². The van der Waals surface area contributed by atoms with Crippen molar-refractivity contribution in [3.05, 3.63) is 29.8 Å². The number of ether oxygens (including phenoxy) is 1. The molecule has 0 fully saturated rings. The molecule has 0 bridgehead atoms. The van der Waals surface area contributed by atoms with Gasteiger partial charge in [-0.3, -0.25) is 0 Å². The molecule has 1 aromatic rings. The lowest BCUT2D eigenvalue weighted by molar-refractivity contribution is -0.139. The molecule has 4 N–H and O–H groups in total. The highest BCUT2D eigenvalue weighted by Gasteiger charge is 2.19. The van der Waals surface area contributed by atoms with E-state index in [1.165, 1.54) is 0 Å². The number of methoxy groups -OCH3 is 1. The molecule has 1 rings (SSSR count). The highest BCUT2D eigenvalue weighted by molar-refractivity contribution is 5.92. The number of hydrogen-bond donors (Lipinski definition) is 4. The van der Waals surface area contributed by atoms with Gasteiger partial charge in [0.25, 0.3) is 0 Å². The van der Waals surface area contributed by atoms with Crippen molar-refractivity contribution in [1.82, 2.24) is 5.32 Å². The maximum Gasteiger partial charge on any atom is 0.326 e. The second-order valence-corrected chi connectivity index (χ2v) is 4.09. The summed E-state index contributed by atoms with van der Waals surface area (Å²) in [4.78, 5) is 22.6. The summed E-state index contributed by atoms with van der Waals surface area (Å²) in [6.07, 6.45) is -0.0531. The maximum absolute atomic E-state index is 11.8. The van der Waals surface area contributed by atoms with E-state index in [4.69, 9.17) is 14.9 Å². The number of nitrogens with one attached hydrogen (secondary N) is 2. The third kappa shape index (κ3) is 4.87. The standard InChI is InChI=1S/C13H18N2O5/c1-20-8-9-4-2-3-5-10(9)14-13(19)15-11(6-7-16)12(17)18/h2-5,11,16H,6-8H2,1H3,(H,17,18)(H2,14,15,19)/t11-/m0/s1. The quantitative estimate of drug-likeness (QED) is 0.591. The van der Waals surface area contributed by atoms with Gasteiger partial charge in [-0.15, -0.1) is 0 Å². The number of aliphatic hydroxyl groups excluding tert-OH is 1. The van der Waals surface area contributed by atoms with Crippen LogP contribution in [0.4, 0.5) is 10.5 Å². The van der Waals surface area contributed by atoms with Gasteiger partial charge in [0.05, 0.1) is 6.61 Å². The Kier molecular flexibility index (Phi) is 6.48. The number of aliphatic hydroxyl groups is 1. The minimum Gasteiger partial charge on any atom is -0.480 e. The van der Waals surface area contributed by atoms with E-state index in [0.717, 1.165) is 5.56 Å². The summed E-state index contributed by atoms with van der Waals surface area (Å²) in [7, 11) is 1.54. The second kappa shape index (κ2) is 8.13. The van der Waals surface area contributed by atoms with Crippen molar-refractivity contribution >= 4 is 17.7 Å². The van der Waals surface area contributed by atoms with E-state index in [2.05, 4.69) is 10.6 Å². The number of aliphatic carboxylic acids is 1. The first kappa shape index (κ1) is 15.9. The van der Waals surface area contributed by atoms with Gasteiger partial charge < -0.3 is 25.6 Å². The van der Waals surface area contributed by atoms with Crippen molar-refractivity contribution in [3.8, 4) is 0 Å². The fraction of sp³-hybridized carbons (Fsp3) is 0.385. The fourth-order valence-corrected chi connectivity index (χ4v) is 1.63. The number of carbonyl (C=O) groups excluding carboxylic acids is 1. The van der Waals surface area contributed by atoms with E-state index in [-0.39, 0.29) is 13.0 Å². The number of amides is 2. The number of carboxylic acids is 1. The lowest BCUT2D eigenvalue weighted by atomic mass is 10.2. The molecule has 20 heavy (non-hydrogen) atoms. The Bertz CT molecular complexity index is 464. The number of anilines is 1. The van der Waals surface area contributed by atoms with Crippen LogP contribution >= 0.6 is 0 Å². The van der Waals surface area contributed by atoms with Crippen LogP contribution in [0.1, 0.15) is 12.0 Å². The Morgan fingerprint density at radius 1 is 1.35 bits per heavy atom. The summed E-state index contributed by atoms with van der Waals surface area (Å²) in [5, 5.41) is 22.5. The molecule has 0 aliphatic carbocycles. The predicted octanol–water partition coefficient (Wildman–Crippen LogP) is 0.790. The first-order chi connectivity index (χ1) is 9.58. The summed E-state index contributed by atoms with van der Waals surface area (Å²) in [6, 6.07) is 5.27. The number of rotatable bonds is 7. The van der Waals surface area contributed by atoms with Crippen molar-refractivity contribution in [2.24, 2.45) is 0 Å². The van der Waals surface area contributed by atoms with E-state index >= 15 is 0 Å². The van der Waals surface area contributed by atoms with Gasteiger partial charge in [-0.2, -0.15) is 0 Å². The molecule has 1 aromatic carbocycles. The molecule has 0 spiro atoms. The molecule has 0 saturated heterocycles. The number of benzene rings is 1. The molecule has 0 unspecified atom stereocenters. The average Bonchev–Trinajstić information content (AvgIpc) is 2.40. The van der Waals surface area contributed by atoms with Crippen molar-refractivity contribution in [2.45, 2.75) is 19.1 Å². The fourth-order valence-electron chi connectivity index (χ4n) is 1.63. The molecule has 0 radical (unpaired) electrons. The number of carboxylic acid groups (broad SMARTS) is 1. The van der Waals surface area contributed by atoms with Crippen LogP contribution in [0.25, 0.3) is 0 Å². The molecular formula is C13H18N2O5. The Morgan fingerprint density at radius 2 is 2.05 bits per heavy atom. The zero-order valence-corrected chi connectivity index (χ0v) is 11.1. The minimum atomic E-state index is -1.20. The number of hydrogen-bond acceptors (Lipinski definition) is 4. The van der Waals surface area contributed by atoms with Crippen molar-refractivity contribution in [1.29, 1.82) is 0 Å². The van der Waals surface area contributed by atoms with E-state index < -0.39 is 18.0 Å². The molecule has 0 heterocycles. The zero-order chi connectivity index (χ0) is 15.0. The van der Waals surface area contributed by atoms with E-state index in [9.17, 15) is 9.59 Å². The van der Waals surface area contributed by atoms with Gasteiger partial charge in [-0.1, -0.05) is 18.2 Å². The van der Waals surface area contributed by atoms with Gasteiger partial charge >= 0.3 is 12.0 Å². The largest absolute Gasteiger partial charge is 0.480 e. The highest BCUT2D eigenvalue weighted by Crippen LogP contribution is 2.15. The van der Waals surface area contributed by atoms with Crippen LogP contribution in [0.5, 0.6) is 0 Å². The smallest absolute Gasteiger partial charge is 0.326 e. The van der Waals surface area contributed by atoms with Crippen molar-refractivity contribution < 1.29 is 24.5 Å². The zero-order valence-electron chi connectivity index (χ0n) is 11.1. The first-order valence-electron chi connectivity index (χ1n) is 6.06. The lowest BCUT2D eigenvalue weighted by Crippen LogP contribution is -2.43. The molecule has 7 heteroatoms. The Morgan fingerprint density at radius 3 is 2.65 bits per heavy atom. The van der Waals surface area contributed by atoms with Gasteiger partial charge in [0, 0.05) is 31.4 Å². The van der Waals surface area contributed by atoms with Crippen LogP contribution in [0.2, 0.25) is 0 Å². The maximum atomic E-state index is 11.8. The average molecular weight is 282 g/mol. The van der Waals surface area contributed by atoms with Crippen molar-refractivity contribution in [2.75, 3.05) is 19.0 Å². The van der Waals surface area contributed by atoms with E-state index in [1.807, 2.05) is 6.07 Å². The topological polar surface area (TPSA) is 108 Å². The van der Waals surface area contributed by atoms with Crippen LogP contribution in [0.3, 0.4) is 0 Å². The summed E-state index contributed by atoms with van der Waals surface area (Å²) in [5.41, 5.74) is 1.32. The van der Waals surface area contributed by atoms with Gasteiger partial charge in [-0.05, 0) is 6.07 Å². The second-order valence-electron chi connectivity index (χ2n) is 4.09. The number of para-hydroxylation sites is 1. The monoisotopic (exact) mass is 282 g/mol. The van der Waals surface area contributed by atoms with E-state index in [0.29, 0.717) is 12.3 Å². The SMILES string of the molecule is COCc1ccccc1NC(=O)N[C@@H](CCO)C(=O)O. The lowest BCUT2D eigenvalue weighted by Gasteiger charge is -2.15. The molecular weight excluding hydrogens is 264 g/mol. The molecule has 110 valence electrons. The van der Waals surface area contributed by atoms with Crippen LogP contribution < -0.4 is 10.6 Å². The summed E-state index contributed by atoms with van der Waals surface area (Å²) in [6.45, 7) is 0.00691. The van der Waals surface area contributed by atoms with Gasteiger partial charge in [0.2, 0.25) is 0 Å². The molecule has 1 atom stereocenters. The van der Waals surface area contributed by atoms with Crippen molar-refractivity contribution in [3.63, 3.8) is 0 Å². The molecule has 0 aromatic heterocycles. The Labute approximate surface area is 116 Å². The third-order valence-electron chi connectivity index (χ3n) is 2.59. The molecule has 2 amide bonds. The third-order valence-corrected chi connectivity index (χ3v) is 2.59. The molecule has 7 nitrogen and oxygen atoms in total. The Hall–Kier alpha value is -2.12. The van der Waals surface area contributed by atoms with Crippen LogP contribution in [-0.4, -0.2) is 42.0 Å². The molecule has 0 aliphatic rings. The van der Waals surface area contributed by atoms with Gasteiger partial charge in [-0.25, -0.2) is 9.59 Å². The highest BCUT2D eigenvalue weighted by atomic mass is 16.5. The van der Waals surface area contributed by atoms with Gasteiger partial charge in [0.15, 0.2) is 0 Å². The summed E-state index contributed by atoms with van der Waals surface area (Å²) < 4.78 is 5.01. The molecule has 0 saturated carbocycles. The van der Waals surface area contributed by atoms with Gasteiger partial charge in [0.1, 0.15) is 6.04 Å². The van der Waals surface area contributed by atoms with E-state index in [1.54, 1.807) is 25.3 Å². The normalized spacial score (nSPS) is 11.7. The number of urea groups is 1. The first-order valence-corrected chi connectivity index (χ1v) is 6.06.